The predicted molar refractivity (Wildman–Crippen MR) is 85.7 cm³/mol. The first-order chi connectivity index (χ1) is 12.1. The number of allylic oxidation sites excluding steroid dienone is 1. The molecule has 0 radical (unpaired) electrons. The molecule has 2 atom stereocenters. The minimum absolute atomic E-state index is 0.0226. The highest BCUT2D eigenvalue weighted by atomic mass is 16.8. The second-order valence-electron chi connectivity index (χ2n) is 5.61. The van der Waals surface area contributed by atoms with Crippen LogP contribution in [0.15, 0.2) is 54.8 Å². The molecule has 0 spiro atoms. The van der Waals surface area contributed by atoms with E-state index in [2.05, 4.69) is 6.58 Å². The van der Waals surface area contributed by atoms with Gasteiger partial charge >= 0.3 is 6.16 Å². The average Bonchev–Trinajstić information content (AvgIpc) is 2.82. The molecule has 1 unspecified atom stereocenters. The van der Waals surface area contributed by atoms with Crippen LogP contribution in [0.25, 0.3) is 0 Å². The minimum atomic E-state index is -1.53. The zero-order valence-corrected chi connectivity index (χ0v) is 13.4. The highest BCUT2D eigenvalue weighted by Crippen LogP contribution is 2.46. The molecule has 7 heteroatoms. The van der Waals surface area contributed by atoms with Crippen molar-refractivity contribution in [1.82, 2.24) is 4.90 Å². The largest absolute Gasteiger partial charge is 0.511 e. The Morgan fingerprint density at radius 3 is 2.80 bits per heavy atom. The number of nitrogens with zero attached hydrogens (tertiary/aromatic N) is 1. The Kier molecular flexibility index (Phi) is 4.56. The van der Waals surface area contributed by atoms with E-state index < -0.39 is 18.1 Å². The molecule has 1 amide bonds. The van der Waals surface area contributed by atoms with Gasteiger partial charge in [-0.05, 0) is 5.56 Å². The Morgan fingerprint density at radius 2 is 2.16 bits per heavy atom. The number of rotatable bonds is 6. The molecular weight excluding hydrogens is 326 g/mol. The maximum absolute atomic E-state index is 12.2. The molecule has 25 heavy (non-hydrogen) atoms. The van der Waals surface area contributed by atoms with E-state index in [1.807, 2.05) is 18.2 Å². The molecular formula is C18H17NO6. The molecule has 0 aromatic heterocycles. The van der Waals surface area contributed by atoms with Crippen LogP contribution >= 0.6 is 0 Å². The van der Waals surface area contributed by atoms with Crippen molar-refractivity contribution in [1.29, 1.82) is 0 Å². The van der Waals surface area contributed by atoms with Crippen LogP contribution in [0, 0.1) is 0 Å². The number of hydrogen-bond acceptors (Lipinski definition) is 6. The zero-order chi connectivity index (χ0) is 17.9. The van der Waals surface area contributed by atoms with E-state index in [4.69, 9.17) is 14.2 Å². The van der Waals surface area contributed by atoms with Crippen molar-refractivity contribution >= 4 is 18.3 Å². The summed E-state index contributed by atoms with van der Waals surface area (Å²) in [6.45, 7) is 3.65. The average molecular weight is 343 g/mol. The fourth-order valence-corrected chi connectivity index (χ4v) is 2.92. The van der Waals surface area contributed by atoms with Gasteiger partial charge in [0, 0.05) is 12.5 Å². The maximum atomic E-state index is 12.2. The number of hydrogen-bond donors (Lipinski definition) is 0. The molecule has 2 heterocycles. The van der Waals surface area contributed by atoms with E-state index in [9.17, 15) is 14.4 Å². The standard InChI is InChI=1S/C18H17NO6/c1-2-9-18(14(8-10-20)24-16-11-15(21)19(16)18)25-17(22)23-12-13-6-4-3-5-7-13/h2-8,10,16H,1,9,11-12H2/t16-,18?/m1/s1. The molecule has 0 aliphatic carbocycles. The Hall–Kier alpha value is -3.09. The van der Waals surface area contributed by atoms with E-state index in [0.29, 0.717) is 6.29 Å². The Morgan fingerprint density at radius 1 is 1.40 bits per heavy atom. The van der Waals surface area contributed by atoms with Crippen LogP contribution in [-0.2, 0) is 30.4 Å². The molecule has 0 bridgehead atoms. The first-order valence-electron chi connectivity index (χ1n) is 7.76. The van der Waals surface area contributed by atoms with Crippen LogP contribution < -0.4 is 0 Å². The van der Waals surface area contributed by atoms with Gasteiger partial charge in [-0.3, -0.25) is 14.5 Å². The Labute approximate surface area is 144 Å². The van der Waals surface area contributed by atoms with Gasteiger partial charge in [-0.25, -0.2) is 4.79 Å². The Balaban J connectivity index is 1.78. The van der Waals surface area contributed by atoms with Gasteiger partial charge in [0.1, 0.15) is 12.9 Å². The van der Waals surface area contributed by atoms with Gasteiger partial charge in [0.15, 0.2) is 12.0 Å². The third-order valence-electron chi connectivity index (χ3n) is 4.04. The predicted octanol–water partition coefficient (Wildman–Crippen LogP) is 2.28. The number of fused-ring (bicyclic) bond motifs is 1. The molecule has 2 fully saturated rings. The lowest BCUT2D eigenvalue weighted by atomic mass is 10.0. The van der Waals surface area contributed by atoms with Crippen molar-refractivity contribution in [2.75, 3.05) is 0 Å². The number of ether oxygens (including phenoxy) is 3. The van der Waals surface area contributed by atoms with Crippen LogP contribution in [-0.4, -0.2) is 35.2 Å². The topological polar surface area (TPSA) is 82.1 Å². The fourth-order valence-electron chi connectivity index (χ4n) is 2.92. The summed E-state index contributed by atoms with van der Waals surface area (Å²) in [6, 6.07) is 9.10. The summed E-state index contributed by atoms with van der Waals surface area (Å²) in [5.74, 6) is -0.146. The van der Waals surface area contributed by atoms with Crippen LogP contribution in [0.2, 0.25) is 0 Å². The van der Waals surface area contributed by atoms with Crippen LogP contribution in [0.4, 0.5) is 4.79 Å². The first kappa shape index (κ1) is 16.8. The lowest BCUT2D eigenvalue weighted by Gasteiger charge is -2.41. The highest BCUT2D eigenvalue weighted by Gasteiger charge is 2.62. The molecule has 2 saturated heterocycles. The minimum Gasteiger partial charge on any atom is -0.468 e. The highest BCUT2D eigenvalue weighted by molar-refractivity contribution is 5.85. The van der Waals surface area contributed by atoms with Crippen molar-refractivity contribution < 1.29 is 28.6 Å². The van der Waals surface area contributed by atoms with Crippen molar-refractivity contribution in [3.05, 3.63) is 60.4 Å². The molecule has 7 nitrogen and oxygen atoms in total. The third-order valence-corrected chi connectivity index (χ3v) is 4.04. The summed E-state index contributed by atoms with van der Waals surface area (Å²) in [4.78, 5) is 36.4. The van der Waals surface area contributed by atoms with Gasteiger partial charge in [-0.2, -0.15) is 0 Å². The summed E-state index contributed by atoms with van der Waals surface area (Å²) in [6.07, 6.45) is 1.86. The quantitative estimate of drug-likeness (QED) is 0.259. The lowest BCUT2D eigenvalue weighted by molar-refractivity contribution is -0.180. The fraction of sp³-hybridized carbons (Fsp3) is 0.278. The summed E-state index contributed by atoms with van der Waals surface area (Å²) in [5, 5.41) is 0. The molecule has 3 rings (SSSR count). The monoisotopic (exact) mass is 343 g/mol. The molecule has 2 aliphatic rings. The van der Waals surface area contributed by atoms with Gasteiger partial charge in [-0.15, -0.1) is 6.58 Å². The summed E-state index contributed by atoms with van der Waals surface area (Å²) >= 11 is 0. The van der Waals surface area contributed by atoms with E-state index in [-0.39, 0.29) is 31.1 Å². The molecule has 2 aliphatic heterocycles. The molecule has 1 aromatic carbocycles. The Bertz CT molecular complexity index is 728. The van der Waals surface area contributed by atoms with Crippen molar-refractivity contribution in [2.45, 2.75) is 31.4 Å². The summed E-state index contributed by atoms with van der Waals surface area (Å²) in [7, 11) is 0. The van der Waals surface area contributed by atoms with E-state index in [1.54, 1.807) is 12.1 Å². The van der Waals surface area contributed by atoms with Gasteiger partial charge < -0.3 is 14.2 Å². The molecule has 1 aromatic rings. The van der Waals surface area contributed by atoms with Crippen LogP contribution in [0.1, 0.15) is 18.4 Å². The number of β-lactam (4-membered cyclic amide) rings is 1. The second kappa shape index (κ2) is 6.80. The number of benzene rings is 1. The molecule has 0 saturated carbocycles. The second-order valence-corrected chi connectivity index (χ2v) is 5.61. The summed E-state index contributed by atoms with van der Waals surface area (Å²) < 4.78 is 16.1. The van der Waals surface area contributed by atoms with Crippen molar-refractivity contribution in [2.24, 2.45) is 0 Å². The van der Waals surface area contributed by atoms with E-state index in [1.165, 1.54) is 11.0 Å². The van der Waals surface area contributed by atoms with Crippen molar-refractivity contribution in [3.8, 4) is 0 Å². The van der Waals surface area contributed by atoms with Crippen LogP contribution in [0.3, 0.4) is 0 Å². The summed E-state index contributed by atoms with van der Waals surface area (Å²) in [5.41, 5.74) is -0.738. The van der Waals surface area contributed by atoms with E-state index in [0.717, 1.165) is 11.6 Å². The molecule has 130 valence electrons. The maximum Gasteiger partial charge on any atom is 0.511 e. The third kappa shape index (κ3) is 3.00. The van der Waals surface area contributed by atoms with Gasteiger partial charge in [0.05, 0.1) is 6.42 Å². The van der Waals surface area contributed by atoms with Gasteiger partial charge in [0.25, 0.3) is 5.72 Å². The van der Waals surface area contributed by atoms with Crippen LogP contribution in [0.5, 0.6) is 0 Å². The first-order valence-corrected chi connectivity index (χ1v) is 7.76. The smallest absolute Gasteiger partial charge is 0.468 e. The van der Waals surface area contributed by atoms with E-state index >= 15 is 0 Å². The molecule has 0 N–H and O–H groups in total. The number of carbonyl (C=O) groups is 3. The van der Waals surface area contributed by atoms with Crippen molar-refractivity contribution in [3.63, 3.8) is 0 Å². The number of carbonyl (C=O) groups excluding carboxylic acids is 3. The normalized spacial score (nSPS) is 25.6. The number of aldehydes is 1. The van der Waals surface area contributed by atoms with Gasteiger partial charge in [0.2, 0.25) is 5.91 Å². The SMILES string of the molecule is C=CCC1(OC(=O)OCc2ccccc2)C(=CC=O)O[C@@H]2CC(=O)N21. The lowest BCUT2D eigenvalue weighted by Crippen LogP contribution is -2.60. The number of amides is 1. The zero-order valence-electron chi connectivity index (χ0n) is 13.4. The van der Waals surface area contributed by atoms with Gasteiger partial charge in [-0.1, -0.05) is 36.4 Å².